The smallest absolute Gasteiger partial charge is 0.309 e. The monoisotopic (exact) mass is 252 g/mol. The van der Waals surface area contributed by atoms with Crippen molar-refractivity contribution in [3.63, 3.8) is 0 Å². The Balaban J connectivity index is 2.04. The highest BCUT2D eigenvalue weighted by molar-refractivity contribution is 5.77. The molecule has 0 aromatic heterocycles. The quantitative estimate of drug-likeness (QED) is 0.756. The summed E-state index contributed by atoms with van der Waals surface area (Å²) in [5, 5.41) is 0. The lowest BCUT2D eigenvalue weighted by molar-refractivity contribution is -0.144. The van der Waals surface area contributed by atoms with Gasteiger partial charge in [0.2, 0.25) is 0 Å². The Bertz CT molecular complexity index is 445. The molecule has 0 radical (unpaired) electrons. The van der Waals surface area contributed by atoms with Gasteiger partial charge in [-0.25, -0.2) is 4.39 Å². The number of rotatable bonds is 5. The number of hydrogen-bond donors (Lipinski definition) is 0. The molecule has 0 heterocycles. The van der Waals surface area contributed by atoms with Crippen LogP contribution in [-0.4, -0.2) is 19.2 Å². The van der Waals surface area contributed by atoms with Gasteiger partial charge < -0.3 is 9.47 Å². The molecule has 0 saturated heterocycles. The molecule has 0 aliphatic heterocycles. The van der Waals surface area contributed by atoms with Crippen molar-refractivity contribution in [3.05, 3.63) is 29.6 Å². The fraction of sp³-hybridized carbons (Fsp3) is 0.500. The van der Waals surface area contributed by atoms with Crippen molar-refractivity contribution in [2.75, 3.05) is 13.2 Å². The highest BCUT2D eigenvalue weighted by Crippen LogP contribution is 2.48. The summed E-state index contributed by atoms with van der Waals surface area (Å²) in [4.78, 5) is 11.5. The third kappa shape index (κ3) is 2.63. The average molecular weight is 252 g/mol. The molecule has 0 spiro atoms. The van der Waals surface area contributed by atoms with Gasteiger partial charge in [0.1, 0.15) is 0 Å². The summed E-state index contributed by atoms with van der Waals surface area (Å²) < 4.78 is 23.8. The minimum absolute atomic E-state index is 0.0919. The highest BCUT2D eigenvalue weighted by Gasteiger charge is 2.45. The Kier molecular flexibility index (Phi) is 3.84. The average Bonchev–Trinajstić information content (AvgIpc) is 3.12. The van der Waals surface area contributed by atoms with Gasteiger partial charge >= 0.3 is 5.97 Å². The maximum Gasteiger partial charge on any atom is 0.309 e. The summed E-state index contributed by atoms with van der Waals surface area (Å²) in [5.74, 6) is -0.313. The van der Waals surface area contributed by atoms with Crippen molar-refractivity contribution in [1.29, 1.82) is 0 Å². The summed E-state index contributed by atoms with van der Waals surface area (Å²) in [6.07, 6.45) is 0.742. The maximum atomic E-state index is 13.7. The summed E-state index contributed by atoms with van der Waals surface area (Å²) in [6.45, 7) is 4.42. The number of esters is 1. The molecule has 1 fully saturated rings. The second kappa shape index (κ2) is 5.38. The van der Waals surface area contributed by atoms with Crippen molar-refractivity contribution in [2.24, 2.45) is 5.92 Å². The van der Waals surface area contributed by atoms with Crippen LogP contribution in [0.4, 0.5) is 4.39 Å². The van der Waals surface area contributed by atoms with Crippen molar-refractivity contribution in [1.82, 2.24) is 0 Å². The molecule has 2 rings (SSSR count). The zero-order chi connectivity index (χ0) is 13.1. The van der Waals surface area contributed by atoms with Gasteiger partial charge in [0.25, 0.3) is 0 Å². The molecule has 98 valence electrons. The van der Waals surface area contributed by atoms with Gasteiger partial charge in [-0.2, -0.15) is 0 Å². The number of hydrogen-bond acceptors (Lipinski definition) is 3. The van der Waals surface area contributed by atoms with Gasteiger partial charge in [0, 0.05) is 0 Å². The van der Waals surface area contributed by atoms with Crippen molar-refractivity contribution in [2.45, 2.75) is 26.2 Å². The number of carbonyl (C=O) groups excluding carboxylic acids is 1. The molecule has 1 aliphatic carbocycles. The van der Waals surface area contributed by atoms with Gasteiger partial charge in [-0.1, -0.05) is 6.07 Å². The van der Waals surface area contributed by atoms with Gasteiger partial charge in [-0.15, -0.1) is 0 Å². The summed E-state index contributed by atoms with van der Waals surface area (Å²) in [5.41, 5.74) is 0.842. The Labute approximate surface area is 106 Å². The predicted octanol–water partition coefficient (Wildman–Crippen LogP) is 2.89. The molecule has 0 N–H and O–H groups in total. The molecule has 0 amide bonds. The molecule has 2 atom stereocenters. The van der Waals surface area contributed by atoms with Crippen LogP contribution >= 0.6 is 0 Å². The second-order valence-corrected chi connectivity index (χ2v) is 4.32. The van der Waals surface area contributed by atoms with Crippen molar-refractivity contribution < 1.29 is 18.7 Å². The van der Waals surface area contributed by atoms with Gasteiger partial charge in [0.15, 0.2) is 11.6 Å². The van der Waals surface area contributed by atoms with Crippen LogP contribution in [0.2, 0.25) is 0 Å². The molecular weight excluding hydrogens is 235 g/mol. The van der Waals surface area contributed by atoms with E-state index in [4.69, 9.17) is 9.47 Å². The lowest BCUT2D eigenvalue weighted by atomic mass is 10.1. The summed E-state index contributed by atoms with van der Waals surface area (Å²) in [6, 6.07) is 4.89. The number of halogens is 1. The van der Waals surface area contributed by atoms with E-state index in [-0.39, 0.29) is 29.4 Å². The first-order chi connectivity index (χ1) is 8.67. The van der Waals surface area contributed by atoms with Gasteiger partial charge in [-0.05, 0) is 43.9 Å². The zero-order valence-electron chi connectivity index (χ0n) is 10.6. The standard InChI is InChI=1S/C14H17FO3/c1-3-17-13-6-5-9(7-12(13)15)10-8-11(10)14(16)18-4-2/h5-7,10-11H,3-4,8H2,1-2H3/t10-,11+/m0/s1. The van der Waals surface area contributed by atoms with E-state index in [1.807, 2.05) is 13.0 Å². The maximum absolute atomic E-state index is 13.7. The molecule has 1 aromatic carbocycles. The first kappa shape index (κ1) is 12.9. The molecule has 18 heavy (non-hydrogen) atoms. The van der Waals surface area contributed by atoms with E-state index in [0.29, 0.717) is 13.2 Å². The van der Waals surface area contributed by atoms with Gasteiger partial charge in [0.05, 0.1) is 19.1 Å². The lowest BCUT2D eigenvalue weighted by Crippen LogP contribution is -2.07. The lowest BCUT2D eigenvalue weighted by Gasteiger charge is -2.06. The summed E-state index contributed by atoms with van der Waals surface area (Å²) >= 11 is 0. The number of benzene rings is 1. The number of ether oxygens (including phenoxy) is 2. The number of carbonyl (C=O) groups is 1. The minimum Gasteiger partial charge on any atom is -0.491 e. The first-order valence-electron chi connectivity index (χ1n) is 6.26. The molecule has 1 aromatic rings. The fourth-order valence-electron chi connectivity index (χ4n) is 2.09. The third-order valence-corrected chi connectivity index (χ3v) is 3.06. The molecular formula is C14H17FO3. The molecule has 0 unspecified atom stereocenters. The van der Waals surface area contributed by atoms with E-state index < -0.39 is 0 Å². The van der Waals surface area contributed by atoms with Crippen LogP contribution in [0.15, 0.2) is 18.2 Å². The van der Waals surface area contributed by atoms with E-state index in [2.05, 4.69) is 0 Å². The van der Waals surface area contributed by atoms with E-state index >= 15 is 0 Å². The SMILES string of the molecule is CCOC(=O)[C@@H]1C[C@H]1c1ccc(OCC)c(F)c1. The van der Waals surface area contributed by atoms with Crippen molar-refractivity contribution in [3.8, 4) is 5.75 Å². The van der Waals surface area contributed by atoms with Crippen LogP contribution < -0.4 is 4.74 Å². The van der Waals surface area contributed by atoms with Crippen LogP contribution in [0.5, 0.6) is 5.75 Å². The van der Waals surface area contributed by atoms with E-state index in [1.54, 1.807) is 13.0 Å². The van der Waals surface area contributed by atoms with Crippen molar-refractivity contribution >= 4 is 5.97 Å². The molecule has 3 nitrogen and oxygen atoms in total. The van der Waals surface area contributed by atoms with Crippen LogP contribution in [0, 0.1) is 11.7 Å². The minimum atomic E-state index is -0.371. The van der Waals surface area contributed by atoms with Crippen LogP contribution in [-0.2, 0) is 9.53 Å². The topological polar surface area (TPSA) is 35.5 Å². The predicted molar refractivity (Wildman–Crippen MR) is 65.1 cm³/mol. The largest absolute Gasteiger partial charge is 0.491 e. The van der Waals surface area contributed by atoms with Crippen LogP contribution in [0.1, 0.15) is 31.7 Å². The third-order valence-electron chi connectivity index (χ3n) is 3.06. The molecule has 4 heteroatoms. The Morgan fingerprint density at radius 1 is 1.39 bits per heavy atom. The molecule has 1 aliphatic rings. The Hall–Kier alpha value is -1.58. The molecule has 1 saturated carbocycles. The van der Waals surface area contributed by atoms with Crippen LogP contribution in [0.3, 0.4) is 0 Å². The Morgan fingerprint density at radius 2 is 2.17 bits per heavy atom. The summed E-state index contributed by atoms with van der Waals surface area (Å²) in [7, 11) is 0. The van der Waals surface area contributed by atoms with E-state index in [9.17, 15) is 9.18 Å². The molecule has 0 bridgehead atoms. The highest BCUT2D eigenvalue weighted by atomic mass is 19.1. The van der Waals surface area contributed by atoms with Gasteiger partial charge in [-0.3, -0.25) is 4.79 Å². The Morgan fingerprint density at radius 3 is 2.78 bits per heavy atom. The van der Waals surface area contributed by atoms with E-state index in [1.165, 1.54) is 6.07 Å². The fourth-order valence-corrected chi connectivity index (χ4v) is 2.09. The van der Waals surface area contributed by atoms with E-state index in [0.717, 1.165) is 12.0 Å². The first-order valence-corrected chi connectivity index (χ1v) is 6.26. The zero-order valence-corrected chi connectivity index (χ0v) is 10.6. The second-order valence-electron chi connectivity index (χ2n) is 4.32. The van der Waals surface area contributed by atoms with Crippen LogP contribution in [0.25, 0.3) is 0 Å². The normalized spacial score (nSPS) is 21.5.